The summed E-state index contributed by atoms with van der Waals surface area (Å²) in [5, 5.41) is 5.09. The average Bonchev–Trinajstić information content (AvgIpc) is 2.67. The molecule has 0 heterocycles. The van der Waals surface area contributed by atoms with Crippen LogP contribution in [-0.2, 0) is 35.2 Å². The van der Waals surface area contributed by atoms with Crippen molar-refractivity contribution < 1.29 is 33.4 Å². The molecule has 0 aliphatic rings. The third-order valence-corrected chi connectivity index (χ3v) is 4.22. The molecule has 0 fully saturated rings. The molecule has 0 saturated carbocycles. The van der Waals surface area contributed by atoms with Crippen molar-refractivity contribution in [2.45, 2.75) is 97.6 Å². The van der Waals surface area contributed by atoms with Crippen molar-refractivity contribution >= 4 is 23.9 Å². The number of benzene rings is 1. The average molecular weight is 479 g/mol. The summed E-state index contributed by atoms with van der Waals surface area (Å²) in [4.78, 5) is 49.8. The zero-order valence-electron chi connectivity index (χ0n) is 21.4. The van der Waals surface area contributed by atoms with E-state index in [0.29, 0.717) is 0 Å². The molecule has 1 rings (SSSR count). The molecule has 2 amide bonds. The third-order valence-electron chi connectivity index (χ3n) is 4.22. The second-order valence-electron chi connectivity index (χ2n) is 10.5. The number of carbonyl (C=O) groups excluding carboxylic acids is 4. The minimum Gasteiger partial charge on any atom is -0.458 e. The van der Waals surface area contributed by atoms with Gasteiger partial charge in [-0.3, -0.25) is 4.79 Å². The summed E-state index contributed by atoms with van der Waals surface area (Å²) >= 11 is 0. The molecule has 0 radical (unpaired) electrons. The number of hydrogen-bond acceptors (Lipinski definition) is 7. The molecule has 1 aromatic rings. The first kappa shape index (κ1) is 28.9. The number of hydrogen-bond donors (Lipinski definition) is 2. The number of amides is 2. The van der Waals surface area contributed by atoms with Crippen LogP contribution >= 0.6 is 0 Å². The predicted molar refractivity (Wildman–Crippen MR) is 127 cm³/mol. The van der Waals surface area contributed by atoms with E-state index in [2.05, 4.69) is 10.6 Å². The molecule has 1 atom stereocenters. The number of carbonyl (C=O) groups is 4. The van der Waals surface area contributed by atoms with Crippen molar-refractivity contribution in [2.24, 2.45) is 0 Å². The van der Waals surface area contributed by atoms with E-state index in [4.69, 9.17) is 14.2 Å². The lowest BCUT2D eigenvalue weighted by atomic mass is 10.0. The van der Waals surface area contributed by atoms with Crippen molar-refractivity contribution in [3.63, 3.8) is 0 Å². The van der Waals surface area contributed by atoms with E-state index in [0.717, 1.165) is 5.56 Å². The van der Waals surface area contributed by atoms with E-state index in [-0.39, 0.29) is 19.4 Å². The minimum absolute atomic E-state index is 0.0261. The van der Waals surface area contributed by atoms with Crippen LogP contribution in [0.1, 0.15) is 73.8 Å². The fourth-order valence-corrected chi connectivity index (χ4v) is 2.67. The van der Waals surface area contributed by atoms with Gasteiger partial charge >= 0.3 is 18.0 Å². The Morgan fingerprint density at radius 2 is 1.41 bits per heavy atom. The zero-order chi connectivity index (χ0) is 26.2. The normalized spacial score (nSPS) is 12.8. The minimum atomic E-state index is -1.27. The molecule has 0 spiro atoms. The van der Waals surface area contributed by atoms with Gasteiger partial charge < -0.3 is 24.8 Å². The molecule has 9 heteroatoms. The molecule has 0 bridgehead atoms. The maximum atomic E-state index is 12.6. The summed E-state index contributed by atoms with van der Waals surface area (Å²) in [7, 11) is 0. The number of rotatable bonds is 9. The van der Waals surface area contributed by atoms with Crippen molar-refractivity contribution in [1.82, 2.24) is 10.6 Å². The third kappa shape index (κ3) is 11.7. The molecule has 0 aliphatic heterocycles. The Kier molecular flexibility index (Phi) is 10.1. The summed E-state index contributed by atoms with van der Waals surface area (Å²) < 4.78 is 15.9. The smallest absolute Gasteiger partial charge is 0.408 e. The molecule has 190 valence electrons. The fourth-order valence-electron chi connectivity index (χ4n) is 2.67. The summed E-state index contributed by atoms with van der Waals surface area (Å²) in [6.07, 6.45) is -1.00. The SMILES string of the molecule is CC(C)(C)OC(=O)[C@H](CCC(=O)NC(C)(C)C(=O)OC(C)(C)C)NC(=O)OCc1ccccc1. The summed E-state index contributed by atoms with van der Waals surface area (Å²) in [6.45, 7) is 13.4. The number of esters is 2. The van der Waals surface area contributed by atoms with Gasteiger partial charge in [0.05, 0.1) is 0 Å². The first-order chi connectivity index (χ1) is 15.5. The number of nitrogens with one attached hydrogen (secondary N) is 2. The molecule has 0 aliphatic carbocycles. The maximum absolute atomic E-state index is 12.6. The first-order valence-electron chi connectivity index (χ1n) is 11.2. The second-order valence-corrected chi connectivity index (χ2v) is 10.5. The Balaban J connectivity index is 2.75. The van der Waals surface area contributed by atoms with Gasteiger partial charge in [-0.05, 0) is 67.4 Å². The largest absolute Gasteiger partial charge is 0.458 e. The van der Waals surface area contributed by atoms with Crippen molar-refractivity contribution in [1.29, 1.82) is 0 Å². The Bertz CT molecular complexity index is 852. The van der Waals surface area contributed by atoms with Gasteiger partial charge in [0.15, 0.2) is 0 Å². The van der Waals surface area contributed by atoms with Crippen LogP contribution in [0, 0.1) is 0 Å². The topological polar surface area (TPSA) is 120 Å². The van der Waals surface area contributed by atoms with Crippen LogP contribution in [0.2, 0.25) is 0 Å². The molecule has 0 aromatic heterocycles. The highest BCUT2D eigenvalue weighted by atomic mass is 16.6. The van der Waals surface area contributed by atoms with Crippen molar-refractivity contribution in [3.05, 3.63) is 35.9 Å². The molecular weight excluding hydrogens is 440 g/mol. The molecule has 0 unspecified atom stereocenters. The highest BCUT2D eigenvalue weighted by Crippen LogP contribution is 2.15. The van der Waals surface area contributed by atoms with Crippen LogP contribution < -0.4 is 10.6 Å². The van der Waals surface area contributed by atoms with Crippen LogP contribution in [0.3, 0.4) is 0 Å². The van der Waals surface area contributed by atoms with Gasteiger partial charge in [0.1, 0.15) is 29.4 Å². The monoisotopic (exact) mass is 478 g/mol. The van der Waals surface area contributed by atoms with E-state index >= 15 is 0 Å². The maximum Gasteiger partial charge on any atom is 0.408 e. The van der Waals surface area contributed by atoms with Crippen LogP contribution in [0.15, 0.2) is 30.3 Å². The Morgan fingerprint density at radius 3 is 1.94 bits per heavy atom. The van der Waals surface area contributed by atoms with Gasteiger partial charge in [-0.2, -0.15) is 0 Å². The lowest BCUT2D eigenvalue weighted by molar-refractivity contribution is -0.163. The van der Waals surface area contributed by atoms with E-state index < -0.39 is 46.7 Å². The van der Waals surface area contributed by atoms with Gasteiger partial charge in [0.25, 0.3) is 0 Å². The quantitative estimate of drug-likeness (QED) is 0.411. The second kappa shape index (κ2) is 11.9. The molecule has 9 nitrogen and oxygen atoms in total. The van der Waals surface area contributed by atoms with Gasteiger partial charge in [0.2, 0.25) is 5.91 Å². The van der Waals surface area contributed by atoms with Crippen molar-refractivity contribution in [2.75, 3.05) is 0 Å². The lowest BCUT2D eigenvalue weighted by Gasteiger charge is -2.29. The Morgan fingerprint density at radius 1 is 0.853 bits per heavy atom. The highest BCUT2D eigenvalue weighted by molar-refractivity contribution is 5.88. The van der Waals surface area contributed by atoms with Gasteiger partial charge in [-0.25, -0.2) is 14.4 Å². The molecule has 2 N–H and O–H groups in total. The van der Waals surface area contributed by atoms with Gasteiger partial charge in [0, 0.05) is 6.42 Å². The number of alkyl carbamates (subject to hydrolysis) is 1. The van der Waals surface area contributed by atoms with Crippen LogP contribution in [0.4, 0.5) is 4.79 Å². The van der Waals surface area contributed by atoms with Crippen LogP contribution in [0.25, 0.3) is 0 Å². The van der Waals surface area contributed by atoms with Crippen LogP contribution in [0.5, 0.6) is 0 Å². The standard InChI is InChI=1S/C25H38N2O7/c1-23(2,3)33-20(29)18(26-22(31)32-16-17-12-10-9-11-13-17)14-15-19(28)27-25(7,8)21(30)34-24(4,5)6/h9-13,18H,14-16H2,1-8H3,(H,26,31)(H,27,28)/t18-/m0/s1. The molecule has 0 saturated heterocycles. The van der Waals surface area contributed by atoms with Crippen LogP contribution in [-0.4, -0.2) is 46.7 Å². The Labute approximate surface area is 201 Å². The molecule has 34 heavy (non-hydrogen) atoms. The van der Waals surface area contributed by atoms with E-state index in [9.17, 15) is 19.2 Å². The van der Waals surface area contributed by atoms with E-state index in [1.807, 2.05) is 18.2 Å². The molecular formula is C25H38N2O7. The first-order valence-corrected chi connectivity index (χ1v) is 11.2. The fraction of sp³-hybridized carbons (Fsp3) is 0.600. The summed E-state index contributed by atoms with van der Waals surface area (Å²) in [5.74, 6) is -1.76. The molecule has 1 aromatic carbocycles. The Hall–Kier alpha value is -3.10. The van der Waals surface area contributed by atoms with Gasteiger partial charge in [-0.1, -0.05) is 30.3 Å². The van der Waals surface area contributed by atoms with Crippen molar-refractivity contribution in [3.8, 4) is 0 Å². The number of ether oxygens (including phenoxy) is 3. The predicted octanol–water partition coefficient (Wildman–Crippen LogP) is 3.64. The summed E-state index contributed by atoms with van der Waals surface area (Å²) in [5.41, 5.74) is -1.97. The van der Waals surface area contributed by atoms with Gasteiger partial charge in [-0.15, -0.1) is 0 Å². The zero-order valence-corrected chi connectivity index (χ0v) is 21.4. The highest BCUT2D eigenvalue weighted by Gasteiger charge is 2.35. The summed E-state index contributed by atoms with van der Waals surface area (Å²) in [6, 6.07) is 7.97. The lowest BCUT2D eigenvalue weighted by Crippen LogP contribution is -2.52. The van der Waals surface area contributed by atoms with E-state index in [1.54, 1.807) is 53.7 Å². The van der Waals surface area contributed by atoms with E-state index in [1.165, 1.54) is 13.8 Å².